The third-order valence-corrected chi connectivity index (χ3v) is 5.86. The van der Waals surface area contributed by atoms with Gasteiger partial charge in [-0.25, -0.2) is 0 Å². The molecule has 2 amide bonds. The Bertz CT molecular complexity index is 938. The molecule has 2 aromatic rings. The summed E-state index contributed by atoms with van der Waals surface area (Å²) in [6.07, 6.45) is 0.205. The van der Waals surface area contributed by atoms with Crippen LogP contribution in [0, 0.1) is 0 Å². The molecule has 1 fully saturated rings. The average molecular weight is 409 g/mol. The summed E-state index contributed by atoms with van der Waals surface area (Å²) in [5.41, 5.74) is 2.72. The van der Waals surface area contributed by atoms with Crippen LogP contribution in [0.3, 0.4) is 0 Å². The van der Waals surface area contributed by atoms with Gasteiger partial charge >= 0.3 is 0 Å². The number of piperazine rings is 1. The van der Waals surface area contributed by atoms with Crippen LogP contribution in [0.25, 0.3) is 0 Å². The van der Waals surface area contributed by atoms with Gasteiger partial charge in [0.05, 0.1) is 20.1 Å². The summed E-state index contributed by atoms with van der Waals surface area (Å²) in [4.78, 5) is 29.5. The number of nitrogens with one attached hydrogen (secondary N) is 1. The highest BCUT2D eigenvalue weighted by atomic mass is 16.5. The van der Waals surface area contributed by atoms with Gasteiger partial charge in [0.2, 0.25) is 11.8 Å². The number of rotatable bonds is 5. The van der Waals surface area contributed by atoms with E-state index in [0.29, 0.717) is 13.1 Å². The fraction of sp³-hybridized carbons (Fsp3) is 0.391. The van der Waals surface area contributed by atoms with Crippen molar-refractivity contribution in [1.29, 1.82) is 0 Å². The molecule has 2 heterocycles. The Morgan fingerprint density at radius 3 is 2.57 bits per heavy atom. The van der Waals surface area contributed by atoms with E-state index in [1.165, 1.54) is 0 Å². The minimum Gasteiger partial charge on any atom is -0.497 e. The number of amides is 2. The Morgan fingerprint density at radius 1 is 1.07 bits per heavy atom. The first-order chi connectivity index (χ1) is 14.6. The molecule has 1 atom stereocenters. The van der Waals surface area contributed by atoms with E-state index in [1.807, 2.05) is 47.4 Å². The van der Waals surface area contributed by atoms with Gasteiger partial charge in [0.25, 0.3) is 0 Å². The molecule has 158 valence electrons. The minimum atomic E-state index is -0.403. The molecule has 1 unspecified atom stereocenters. The number of carbonyl (C=O) groups is 2. The van der Waals surface area contributed by atoms with Crippen molar-refractivity contribution in [2.24, 2.45) is 0 Å². The van der Waals surface area contributed by atoms with Crippen LogP contribution < -0.4 is 14.8 Å². The fourth-order valence-electron chi connectivity index (χ4n) is 4.22. The fourth-order valence-corrected chi connectivity index (χ4v) is 4.22. The normalized spacial score (nSPS) is 19.1. The molecule has 0 aliphatic carbocycles. The molecule has 0 aromatic heterocycles. The van der Waals surface area contributed by atoms with E-state index in [0.717, 1.165) is 47.9 Å². The van der Waals surface area contributed by atoms with E-state index < -0.39 is 5.92 Å². The summed E-state index contributed by atoms with van der Waals surface area (Å²) >= 11 is 0. The third-order valence-electron chi connectivity index (χ3n) is 5.86. The molecule has 2 aromatic carbocycles. The standard InChI is InChI=1S/C23H27N3O4/c1-29-17-7-8-21(30-2)16(13-17)15-25-9-11-26(12-10-25)23(28)19-14-22(27)24-20-6-4-3-5-18(19)20/h3-8,13,19H,9-12,14-15H2,1-2H3,(H,24,27). The van der Waals surface area contributed by atoms with Gasteiger partial charge in [0, 0.05) is 50.4 Å². The Morgan fingerprint density at radius 2 is 1.83 bits per heavy atom. The number of nitrogens with zero attached hydrogens (tertiary/aromatic N) is 2. The van der Waals surface area contributed by atoms with Gasteiger partial charge in [-0.2, -0.15) is 0 Å². The van der Waals surface area contributed by atoms with E-state index >= 15 is 0 Å². The third kappa shape index (κ3) is 4.11. The van der Waals surface area contributed by atoms with Crippen molar-refractivity contribution in [2.75, 3.05) is 45.7 Å². The van der Waals surface area contributed by atoms with Crippen molar-refractivity contribution in [3.05, 3.63) is 53.6 Å². The summed E-state index contributed by atoms with van der Waals surface area (Å²) in [5.74, 6) is 1.17. The van der Waals surface area contributed by atoms with Crippen LogP contribution >= 0.6 is 0 Å². The molecule has 0 bridgehead atoms. The molecule has 7 nitrogen and oxygen atoms in total. The molecule has 0 spiro atoms. The lowest BCUT2D eigenvalue weighted by molar-refractivity contribution is -0.136. The summed E-state index contributed by atoms with van der Waals surface area (Å²) in [5, 5.41) is 2.86. The van der Waals surface area contributed by atoms with Crippen LogP contribution in [0.1, 0.15) is 23.5 Å². The number of hydrogen-bond donors (Lipinski definition) is 1. The van der Waals surface area contributed by atoms with Crippen molar-refractivity contribution in [2.45, 2.75) is 18.9 Å². The summed E-state index contributed by atoms with van der Waals surface area (Å²) in [6, 6.07) is 13.4. The Hall–Kier alpha value is -3.06. The number of ether oxygens (including phenoxy) is 2. The van der Waals surface area contributed by atoms with Gasteiger partial charge in [0.1, 0.15) is 11.5 Å². The van der Waals surface area contributed by atoms with E-state index in [2.05, 4.69) is 10.2 Å². The smallest absolute Gasteiger partial charge is 0.230 e. The van der Waals surface area contributed by atoms with Crippen LogP contribution in [-0.2, 0) is 16.1 Å². The van der Waals surface area contributed by atoms with Gasteiger partial charge < -0.3 is 19.7 Å². The van der Waals surface area contributed by atoms with E-state index in [9.17, 15) is 9.59 Å². The lowest BCUT2D eigenvalue weighted by Crippen LogP contribution is -2.50. The van der Waals surface area contributed by atoms with E-state index in [-0.39, 0.29) is 18.2 Å². The minimum absolute atomic E-state index is 0.0379. The second kappa shape index (κ2) is 8.75. The topological polar surface area (TPSA) is 71.1 Å². The summed E-state index contributed by atoms with van der Waals surface area (Å²) in [6.45, 7) is 3.56. The van der Waals surface area contributed by atoms with Crippen molar-refractivity contribution in [3.8, 4) is 11.5 Å². The van der Waals surface area contributed by atoms with Gasteiger partial charge in [-0.05, 0) is 29.8 Å². The summed E-state index contributed by atoms with van der Waals surface area (Å²) in [7, 11) is 3.32. The maximum Gasteiger partial charge on any atom is 0.230 e. The zero-order chi connectivity index (χ0) is 21.1. The number of para-hydroxylation sites is 1. The van der Waals surface area contributed by atoms with E-state index in [4.69, 9.17) is 9.47 Å². The predicted molar refractivity (Wildman–Crippen MR) is 114 cm³/mol. The molecule has 4 rings (SSSR count). The number of anilines is 1. The highest BCUT2D eigenvalue weighted by molar-refractivity contribution is 6.01. The van der Waals surface area contributed by atoms with Crippen LogP contribution in [0.15, 0.2) is 42.5 Å². The lowest BCUT2D eigenvalue weighted by Gasteiger charge is -2.37. The first-order valence-electron chi connectivity index (χ1n) is 10.2. The van der Waals surface area contributed by atoms with Crippen LogP contribution in [-0.4, -0.2) is 62.0 Å². The monoisotopic (exact) mass is 409 g/mol. The van der Waals surface area contributed by atoms with Gasteiger partial charge in [-0.3, -0.25) is 14.5 Å². The molecule has 2 aliphatic heterocycles. The van der Waals surface area contributed by atoms with Gasteiger partial charge in [-0.1, -0.05) is 18.2 Å². The highest BCUT2D eigenvalue weighted by Crippen LogP contribution is 2.33. The largest absolute Gasteiger partial charge is 0.497 e. The van der Waals surface area contributed by atoms with Crippen LogP contribution in [0.2, 0.25) is 0 Å². The number of hydrogen-bond acceptors (Lipinski definition) is 5. The molecule has 0 saturated carbocycles. The Labute approximate surface area is 176 Å². The Balaban J connectivity index is 1.41. The van der Waals surface area contributed by atoms with Gasteiger partial charge in [-0.15, -0.1) is 0 Å². The van der Waals surface area contributed by atoms with Crippen LogP contribution in [0.4, 0.5) is 5.69 Å². The first kappa shape index (κ1) is 20.2. The number of benzene rings is 2. The number of methoxy groups -OCH3 is 2. The highest BCUT2D eigenvalue weighted by Gasteiger charge is 2.34. The zero-order valence-corrected chi connectivity index (χ0v) is 17.4. The van der Waals surface area contributed by atoms with Crippen molar-refractivity contribution in [3.63, 3.8) is 0 Å². The quantitative estimate of drug-likeness (QED) is 0.822. The SMILES string of the molecule is COc1ccc(OC)c(CN2CCN(C(=O)C3CC(=O)Nc4ccccc43)CC2)c1. The zero-order valence-electron chi connectivity index (χ0n) is 17.4. The van der Waals surface area contributed by atoms with Crippen LogP contribution in [0.5, 0.6) is 11.5 Å². The molecule has 1 N–H and O–H groups in total. The predicted octanol–water partition coefficient (Wildman–Crippen LogP) is 2.47. The average Bonchev–Trinajstić information content (AvgIpc) is 2.78. The second-order valence-electron chi connectivity index (χ2n) is 7.67. The molecule has 7 heteroatoms. The molecule has 0 radical (unpaired) electrons. The second-order valence-corrected chi connectivity index (χ2v) is 7.67. The van der Waals surface area contributed by atoms with E-state index in [1.54, 1.807) is 14.2 Å². The maximum absolute atomic E-state index is 13.2. The Kier molecular flexibility index (Phi) is 5.90. The molecule has 1 saturated heterocycles. The molecule has 2 aliphatic rings. The lowest BCUT2D eigenvalue weighted by atomic mass is 9.89. The van der Waals surface area contributed by atoms with Gasteiger partial charge in [0.15, 0.2) is 0 Å². The number of carbonyl (C=O) groups excluding carboxylic acids is 2. The van der Waals surface area contributed by atoms with Crippen molar-refractivity contribution < 1.29 is 19.1 Å². The number of fused-ring (bicyclic) bond motifs is 1. The molecular weight excluding hydrogens is 382 g/mol. The maximum atomic E-state index is 13.2. The molecular formula is C23H27N3O4. The van der Waals surface area contributed by atoms with Crippen molar-refractivity contribution in [1.82, 2.24) is 9.80 Å². The summed E-state index contributed by atoms with van der Waals surface area (Å²) < 4.78 is 10.8. The van der Waals surface area contributed by atoms with Crippen molar-refractivity contribution >= 4 is 17.5 Å². The molecule has 30 heavy (non-hydrogen) atoms. The first-order valence-corrected chi connectivity index (χ1v) is 10.2.